The number of hydrogen-bond acceptors (Lipinski definition) is 6. The fourth-order valence-electron chi connectivity index (χ4n) is 1.93. The summed E-state index contributed by atoms with van der Waals surface area (Å²) in [5.74, 6) is 0.230. The summed E-state index contributed by atoms with van der Waals surface area (Å²) in [6.07, 6.45) is 0. The van der Waals surface area contributed by atoms with E-state index in [2.05, 4.69) is 36.5 Å². The summed E-state index contributed by atoms with van der Waals surface area (Å²) in [5, 5.41) is 14.4. The third-order valence-corrected chi connectivity index (χ3v) is 3.29. The molecule has 0 atom stereocenters. The maximum absolute atomic E-state index is 12.2. The van der Waals surface area contributed by atoms with E-state index in [4.69, 9.17) is 8.83 Å². The summed E-state index contributed by atoms with van der Waals surface area (Å²) >= 11 is 3.19. The number of hydrogen-bond donors (Lipinski definition) is 1. The fourth-order valence-corrected chi connectivity index (χ4v) is 2.24. The van der Waals surface area contributed by atoms with E-state index in [9.17, 15) is 4.79 Å². The molecule has 0 unspecified atom stereocenters. The number of rotatable bonds is 4. The van der Waals surface area contributed by atoms with Crippen molar-refractivity contribution in [3.05, 3.63) is 34.3 Å². The molecule has 22 heavy (non-hydrogen) atoms. The predicted octanol–water partition coefficient (Wildman–Crippen LogP) is 2.87. The number of nitrogens with one attached hydrogen (secondary N) is 1. The first-order valence-electron chi connectivity index (χ1n) is 6.52. The zero-order chi connectivity index (χ0) is 15.7. The minimum atomic E-state index is -0.363. The lowest BCUT2D eigenvalue weighted by Crippen LogP contribution is -2.17. The topological polar surface area (TPSA) is 99.0 Å². The molecule has 3 aromatic heterocycles. The van der Waals surface area contributed by atoms with Gasteiger partial charge in [-0.05, 0) is 48.0 Å². The molecule has 1 N–H and O–H groups in total. The van der Waals surface area contributed by atoms with Gasteiger partial charge in [-0.1, -0.05) is 5.10 Å². The second-order valence-electron chi connectivity index (χ2n) is 4.46. The smallest absolute Gasteiger partial charge is 0.322 e. The van der Waals surface area contributed by atoms with E-state index < -0.39 is 0 Å². The Bertz CT molecular complexity index is 819. The van der Waals surface area contributed by atoms with Crippen LogP contribution in [0.2, 0.25) is 0 Å². The highest BCUT2D eigenvalue weighted by molar-refractivity contribution is 9.10. The molecule has 0 aliphatic heterocycles. The summed E-state index contributed by atoms with van der Waals surface area (Å²) in [5.41, 5.74) is 1.19. The number of furan rings is 1. The molecule has 0 radical (unpaired) electrons. The third kappa shape index (κ3) is 2.80. The average molecular weight is 366 g/mol. The zero-order valence-corrected chi connectivity index (χ0v) is 13.4. The van der Waals surface area contributed by atoms with Crippen molar-refractivity contribution in [2.45, 2.75) is 20.4 Å². The molecule has 3 heterocycles. The lowest BCUT2D eigenvalue weighted by Gasteiger charge is -2.02. The molecule has 0 fully saturated rings. The third-order valence-electron chi connectivity index (χ3n) is 2.86. The molecule has 9 heteroatoms. The summed E-state index contributed by atoms with van der Waals surface area (Å²) in [4.78, 5) is 12.2. The number of amides is 1. The highest BCUT2D eigenvalue weighted by atomic mass is 79.9. The minimum absolute atomic E-state index is 0.00553. The zero-order valence-electron chi connectivity index (χ0n) is 11.8. The molecule has 3 rings (SSSR count). The van der Waals surface area contributed by atoms with Crippen LogP contribution in [0.4, 0.5) is 6.01 Å². The highest BCUT2D eigenvalue weighted by Gasteiger charge is 2.18. The Kier molecular flexibility index (Phi) is 3.80. The molecule has 0 spiro atoms. The van der Waals surface area contributed by atoms with Gasteiger partial charge in [0.05, 0.1) is 5.69 Å². The van der Waals surface area contributed by atoms with Crippen LogP contribution in [-0.4, -0.2) is 25.9 Å². The Morgan fingerprint density at radius 2 is 2.18 bits per heavy atom. The Morgan fingerprint density at radius 1 is 1.36 bits per heavy atom. The molecule has 1 amide bonds. The first kappa shape index (κ1) is 14.5. The molecule has 0 bridgehead atoms. The molecule has 0 saturated carbocycles. The number of aromatic nitrogens is 4. The van der Waals surface area contributed by atoms with Gasteiger partial charge in [0.25, 0.3) is 11.8 Å². The van der Waals surface area contributed by atoms with E-state index in [1.165, 1.54) is 0 Å². The SMILES string of the molecule is CCn1nc(C)cc1C(=O)Nc1nnc(-c2ccc(Br)o2)o1. The van der Waals surface area contributed by atoms with Gasteiger partial charge in [0, 0.05) is 6.54 Å². The molecule has 0 aliphatic rings. The van der Waals surface area contributed by atoms with Crippen molar-refractivity contribution < 1.29 is 13.6 Å². The average Bonchev–Trinajstić information content (AvgIpc) is 3.18. The van der Waals surface area contributed by atoms with Gasteiger partial charge in [-0.15, -0.1) is 5.10 Å². The molecule has 0 aromatic carbocycles. The Balaban J connectivity index is 1.78. The lowest BCUT2D eigenvalue weighted by molar-refractivity contribution is 0.101. The van der Waals surface area contributed by atoms with Crippen molar-refractivity contribution in [2.75, 3.05) is 5.32 Å². The van der Waals surface area contributed by atoms with Crippen LogP contribution in [0.1, 0.15) is 23.1 Å². The molecule has 3 aromatic rings. The van der Waals surface area contributed by atoms with Gasteiger partial charge in [-0.2, -0.15) is 5.10 Å². The van der Waals surface area contributed by atoms with Gasteiger partial charge < -0.3 is 8.83 Å². The minimum Gasteiger partial charge on any atom is -0.444 e. The van der Waals surface area contributed by atoms with Crippen molar-refractivity contribution in [1.29, 1.82) is 0 Å². The number of carbonyl (C=O) groups excluding carboxylic acids is 1. The number of anilines is 1. The van der Waals surface area contributed by atoms with Gasteiger partial charge in [0.1, 0.15) is 5.69 Å². The number of carbonyl (C=O) groups is 1. The maximum atomic E-state index is 12.2. The van der Waals surface area contributed by atoms with Gasteiger partial charge in [-0.25, -0.2) is 0 Å². The predicted molar refractivity (Wildman–Crippen MR) is 80.3 cm³/mol. The van der Waals surface area contributed by atoms with Crippen molar-refractivity contribution in [3.8, 4) is 11.7 Å². The second-order valence-corrected chi connectivity index (χ2v) is 5.24. The van der Waals surface area contributed by atoms with Gasteiger partial charge in [0.2, 0.25) is 0 Å². The van der Waals surface area contributed by atoms with Gasteiger partial charge >= 0.3 is 6.01 Å². The first-order valence-corrected chi connectivity index (χ1v) is 7.31. The van der Waals surface area contributed by atoms with Crippen molar-refractivity contribution in [1.82, 2.24) is 20.0 Å². The van der Waals surface area contributed by atoms with Crippen molar-refractivity contribution >= 4 is 27.9 Å². The molecule has 8 nitrogen and oxygen atoms in total. The Morgan fingerprint density at radius 3 is 2.86 bits per heavy atom. The van der Waals surface area contributed by atoms with Crippen LogP contribution in [0.3, 0.4) is 0 Å². The van der Waals surface area contributed by atoms with E-state index in [1.54, 1.807) is 22.9 Å². The van der Waals surface area contributed by atoms with Crippen LogP contribution in [-0.2, 0) is 6.54 Å². The summed E-state index contributed by atoms with van der Waals surface area (Å²) in [7, 11) is 0. The summed E-state index contributed by atoms with van der Waals surface area (Å²) in [6.45, 7) is 4.32. The lowest BCUT2D eigenvalue weighted by atomic mass is 10.3. The van der Waals surface area contributed by atoms with Gasteiger partial charge in [-0.3, -0.25) is 14.8 Å². The van der Waals surface area contributed by atoms with Crippen molar-refractivity contribution in [3.63, 3.8) is 0 Å². The quantitative estimate of drug-likeness (QED) is 0.762. The molecule has 0 aliphatic carbocycles. The fraction of sp³-hybridized carbons (Fsp3) is 0.231. The first-order chi connectivity index (χ1) is 10.6. The second kappa shape index (κ2) is 5.76. The van der Waals surface area contributed by atoms with E-state index in [-0.39, 0.29) is 17.8 Å². The van der Waals surface area contributed by atoms with Crippen LogP contribution >= 0.6 is 15.9 Å². The standard InChI is InChI=1S/C13H12BrN5O3/c1-3-19-8(6-7(2)18-19)11(20)15-13-17-16-12(22-13)9-4-5-10(14)21-9/h4-6H,3H2,1-2H3,(H,15,17,20). The molecule has 114 valence electrons. The number of nitrogens with zero attached hydrogens (tertiary/aromatic N) is 4. The van der Waals surface area contributed by atoms with E-state index in [0.717, 1.165) is 5.69 Å². The largest absolute Gasteiger partial charge is 0.444 e. The van der Waals surface area contributed by atoms with Crippen LogP contribution in [0.5, 0.6) is 0 Å². The van der Waals surface area contributed by atoms with Crippen molar-refractivity contribution in [2.24, 2.45) is 0 Å². The summed E-state index contributed by atoms with van der Waals surface area (Å²) in [6, 6.07) is 5.08. The Labute approximate surface area is 133 Å². The van der Waals surface area contributed by atoms with Crippen LogP contribution in [0.25, 0.3) is 11.7 Å². The van der Waals surface area contributed by atoms with Gasteiger partial charge in [0.15, 0.2) is 10.4 Å². The normalized spacial score (nSPS) is 10.9. The van der Waals surface area contributed by atoms with E-state index in [1.807, 2.05) is 13.8 Å². The molecular formula is C13H12BrN5O3. The monoisotopic (exact) mass is 365 g/mol. The Hall–Kier alpha value is -2.42. The number of aryl methyl sites for hydroxylation is 2. The van der Waals surface area contributed by atoms with E-state index >= 15 is 0 Å². The van der Waals surface area contributed by atoms with Crippen LogP contribution in [0, 0.1) is 6.92 Å². The van der Waals surface area contributed by atoms with Crippen LogP contribution in [0.15, 0.2) is 31.7 Å². The number of halogens is 1. The molecule has 0 saturated heterocycles. The molecular weight excluding hydrogens is 354 g/mol. The maximum Gasteiger partial charge on any atom is 0.322 e. The highest BCUT2D eigenvalue weighted by Crippen LogP contribution is 2.25. The van der Waals surface area contributed by atoms with Crippen LogP contribution < -0.4 is 5.32 Å². The van der Waals surface area contributed by atoms with E-state index in [0.29, 0.717) is 22.7 Å². The summed E-state index contributed by atoms with van der Waals surface area (Å²) < 4.78 is 12.8.